The fourth-order valence-electron chi connectivity index (χ4n) is 5.45. The van der Waals surface area contributed by atoms with Gasteiger partial charge in [-0.25, -0.2) is 0 Å². The number of nitrogens with zero attached hydrogens (tertiary/aromatic N) is 2. The number of carbonyl (C=O) groups excluding carboxylic acids is 4. The maximum Gasteiger partial charge on any atom is 0.471 e. The number of hydrogen-bond donors (Lipinski definition) is 3. The van der Waals surface area contributed by atoms with E-state index in [1.165, 1.54) is 25.7 Å². The van der Waals surface area contributed by atoms with Crippen molar-refractivity contribution < 1.29 is 32.3 Å². The van der Waals surface area contributed by atoms with E-state index < -0.39 is 53.4 Å². The second-order valence-corrected chi connectivity index (χ2v) is 10.8. The average molecular weight is 500 g/mol. The maximum atomic E-state index is 13.5. The Morgan fingerprint density at radius 3 is 2.40 bits per heavy atom. The highest BCUT2D eigenvalue weighted by atomic mass is 19.4. The van der Waals surface area contributed by atoms with Crippen molar-refractivity contribution in [1.82, 2.24) is 20.9 Å². The third-order valence-electron chi connectivity index (χ3n) is 7.24. The molecule has 3 rings (SSSR count). The van der Waals surface area contributed by atoms with Gasteiger partial charge in [0.1, 0.15) is 18.1 Å². The summed E-state index contributed by atoms with van der Waals surface area (Å²) in [5.41, 5.74) is -1.05. The number of carbonyl (C=O) groups is 4. The van der Waals surface area contributed by atoms with E-state index in [2.05, 4.69) is 10.6 Å². The van der Waals surface area contributed by atoms with Crippen molar-refractivity contribution in [3.05, 3.63) is 0 Å². The lowest BCUT2D eigenvalue weighted by Gasteiger charge is -2.36. The Labute approximate surface area is 202 Å². The van der Waals surface area contributed by atoms with Crippen molar-refractivity contribution in [3.63, 3.8) is 0 Å². The molecule has 9 nitrogen and oxygen atoms in total. The Morgan fingerprint density at radius 1 is 1.17 bits per heavy atom. The number of alkyl halides is 3. The first kappa shape index (κ1) is 26.8. The molecule has 35 heavy (non-hydrogen) atoms. The minimum Gasteiger partial charge on any atom is -0.356 e. The smallest absolute Gasteiger partial charge is 0.356 e. The number of fused-ring (bicyclic) bond motifs is 1. The first-order valence-electron chi connectivity index (χ1n) is 11.9. The van der Waals surface area contributed by atoms with E-state index in [4.69, 9.17) is 0 Å². The Morgan fingerprint density at radius 2 is 1.86 bits per heavy atom. The van der Waals surface area contributed by atoms with E-state index >= 15 is 0 Å². The fourth-order valence-corrected chi connectivity index (χ4v) is 5.45. The zero-order valence-corrected chi connectivity index (χ0v) is 20.1. The number of rotatable bonds is 6. The normalized spacial score (nSPS) is 28.0. The molecule has 3 aliphatic rings. The minimum absolute atomic E-state index is 0.00906. The van der Waals surface area contributed by atoms with E-state index in [1.54, 1.807) is 0 Å². The van der Waals surface area contributed by atoms with Gasteiger partial charge in [0.15, 0.2) is 0 Å². The molecule has 0 spiro atoms. The summed E-state index contributed by atoms with van der Waals surface area (Å²) in [7, 11) is 0. The van der Waals surface area contributed by atoms with Crippen LogP contribution in [-0.2, 0) is 19.2 Å². The first-order valence-corrected chi connectivity index (χ1v) is 11.9. The number of hydrogen-bond acceptors (Lipinski definition) is 5. The Bertz CT molecular complexity index is 910. The molecule has 194 valence electrons. The summed E-state index contributed by atoms with van der Waals surface area (Å²) in [6.07, 6.45) is -2.17. The minimum atomic E-state index is -5.16. The van der Waals surface area contributed by atoms with Gasteiger partial charge in [-0.2, -0.15) is 18.4 Å². The van der Waals surface area contributed by atoms with Gasteiger partial charge in [-0.15, -0.1) is 0 Å². The lowest BCUT2D eigenvalue weighted by molar-refractivity contribution is -0.176. The number of likely N-dealkylation sites (tertiary alicyclic amines) is 1. The van der Waals surface area contributed by atoms with E-state index in [0.29, 0.717) is 19.4 Å². The van der Waals surface area contributed by atoms with Gasteiger partial charge in [-0.3, -0.25) is 19.2 Å². The standard InChI is InChI=1S/C23H32F3N5O4/c1-22(2,3)17(30-21(35)23(24,25)26)20(34)31-11-13-5-4-6-15(13)16(31)19(33)29-14(10-27)9-12-7-8-28-18(12)32/h12-17H,4-9,11H2,1-3H3,(H,28,32)(H,29,33)(H,30,35)/t12?,13-,14-,15-,16-,17+/m0/s1. The molecule has 0 aromatic carbocycles. The zero-order chi connectivity index (χ0) is 26.1. The largest absolute Gasteiger partial charge is 0.471 e. The summed E-state index contributed by atoms with van der Waals surface area (Å²) >= 11 is 0. The predicted octanol–water partition coefficient (Wildman–Crippen LogP) is 1.24. The maximum absolute atomic E-state index is 13.5. The quantitative estimate of drug-likeness (QED) is 0.506. The van der Waals surface area contributed by atoms with Crippen molar-refractivity contribution in [2.24, 2.45) is 23.2 Å². The van der Waals surface area contributed by atoms with E-state index in [9.17, 15) is 37.6 Å². The lowest BCUT2D eigenvalue weighted by Crippen LogP contribution is -2.60. The molecular weight excluding hydrogens is 467 g/mol. The summed E-state index contributed by atoms with van der Waals surface area (Å²) < 4.78 is 38.8. The van der Waals surface area contributed by atoms with Gasteiger partial charge in [0.05, 0.1) is 6.07 Å². The molecule has 1 unspecified atom stereocenters. The van der Waals surface area contributed by atoms with Crippen molar-refractivity contribution in [2.45, 2.75) is 77.2 Å². The van der Waals surface area contributed by atoms with Crippen LogP contribution in [0.15, 0.2) is 0 Å². The third kappa shape index (κ3) is 5.87. The highest BCUT2D eigenvalue weighted by Crippen LogP contribution is 2.43. The number of nitrogens with one attached hydrogen (secondary N) is 3. The second kappa shape index (κ2) is 10.0. The van der Waals surface area contributed by atoms with E-state index in [-0.39, 0.29) is 30.7 Å². The van der Waals surface area contributed by atoms with Crippen molar-refractivity contribution in [3.8, 4) is 6.07 Å². The van der Waals surface area contributed by atoms with Gasteiger partial charge in [0, 0.05) is 19.0 Å². The van der Waals surface area contributed by atoms with Gasteiger partial charge < -0.3 is 20.9 Å². The zero-order valence-electron chi connectivity index (χ0n) is 20.1. The summed E-state index contributed by atoms with van der Waals surface area (Å²) in [6, 6.07) is -1.41. The Kier molecular flexibility index (Phi) is 7.67. The van der Waals surface area contributed by atoms with Crippen LogP contribution in [-0.4, -0.2) is 65.9 Å². The highest BCUT2D eigenvalue weighted by Gasteiger charge is 2.53. The number of amides is 4. The van der Waals surface area contributed by atoms with Gasteiger partial charge in [-0.05, 0) is 42.9 Å². The summed E-state index contributed by atoms with van der Waals surface area (Å²) in [6.45, 7) is 5.31. The van der Waals surface area contributed by atoms with Crippen molar-refractivity contribution in [1.29, 1.82) is 5.26 Å². The summed E-state index contributed by atoms with van der Waals surface area (Å²) in [5, 5.41) is 16.7. The molecule has 0 aromatic heterocycles. The van der Waals surface area contributed by atoms with Crippen LogP contribution < -0.4 is 16.0 Å². The SMILES string of the molecule is CC(C)(C)[C@H](NC(=O)C(F)(F)F)C(=O)N1C[C@@H]2CCC[C@@H]2[C@H]1C(=O)N[C@H](C#N)CC1CCNC1=O. The van der Waals surface area contributed by atoms with E-state index in [1.807, 2.05) is 11.4 Å². The van der Waals surface area contributed by atoms with Gasteiger partial charge in [0.2, 0.25) is 17.7 Å². The molecular formula is C23H32F3N5O4. The van der Waals surface area contributed by atoms with Crippen LogP contribution in [0.25, 0.3) is 0 Å². The van der Waals surface area contributed by atoms with Crippen molar-refractivity contribution in [2.75, 3.05) is 13.1 Å². The molecule has 12 heteroatoms. The number of nitriles is 1. The molecule has 2 saturated heterocycles. The monoisotopic (exact) mass is 499 g/mol. The molecule has 1 aliphatic carbocycles. The molecule has 0 bridgehead atoms. The lowest BCUT2D eigenvalue weighted by atomic mass is 9.85. The average Bonchev–Trinajstić information content (AvgIpc) is 3.45. The topological polar surface area (TPSA) is 131 Å². The third-order valence-corrected chi connectivity index (χ3v) is 7.24. The molecule has 3 N–H and O–H groups in total. The molecule has 2 heterocycles. The Hall–Kier alpha value is -2.84. The molecule has 6 atom stereocenters. The summed E-state index contributed by atoms with van der Waals surface area (Å²) in [5.74, 6) is -4.29. The Balaban J connectivity index is 1.81. The van der Waals surface area contributed by atoms with Crippen LogP contribution in [0, 0.1) is 34.5 Å². The summed E-state index contributed by atoms with van der Waals surface area (Å²) in [4.78, 5) is 51.7. The van der Waals surface area contributed by atoms with E-state index in [0.717, 1.165) is 12.8 Å². The first-order chi connectivity index (χ1) is 16.2. The molecule has 1 saturated carbocycles. The van der Waals surface area contributed by atoms with Crippen LogP contribution in [0.5, 0.6) is 0 Å². The van der Waals surface area contributed by atoms with Crippen LogP contribution >= 0.6 is 0 Å². The van der Waals surface area contributed by atoms with Gasteiger partial charge in [-0.1, -0.05) is 27.2 Å². The van der Waals surface area contributed by atoms with Gasteiger partial charge >= 0.3 is 12.1 Å². The van der Waals surface area contributed by atoms with Crippen LogP contribution in [0.1, 0.15) is 52.9 Å². The van der Waals surface area contributed by atoms with Crippen LogP contribution in [0.2, 0.25) is 0 Å². The van der Waals surface area contributed by atoms with Crippen LogP contribution in [0.3, 0.4) is 0 Å². The molecule has 0 aromatic rings. The van der Waals surface area contributed by atoms with Crippen molar-refractivity contribution >= 4 is 23.6 Å². The molecule has 2 aliphatic heterocycles. The van der Waals surface area contributed by atoms with Gasteiger partial charge in [0.25, 0.3) is 0 Å². The molecule has 4 amide bonds. The fraction of sp³-hybridized carbons (Fsp3) is 0.783. The second-order valence-electron chi connectivity index (χ2n) is 10.8. The molecule has 3 fully saturated rings. The van der Waals surface area contributed by atoms with Crippen LogP contribution in [0.4, 0.5) is 13.2 Å². The molecule has 0 radical (unpaired) electrons. The highest BCUT2D eigenvalue weighted by molar-refractivity contribution is 5.94. The number of halogens is 3. The predicted molar refractivity (Wildman–Crippen MR) is 117 cm³/mol.